The Hall–Kier alpha value is -2.90. The second kappa shape index (κ2) is 7.55. The number of hydrogen-bond donors (Lipinski definition) is 4. The zero-order valence-electron chi connectivity index (χ0n) is 13.5. The third-order valence-electron chi connectivity index (χ3n) is 4.01. The second-order valence-corrected chi connectivity index (χ2v) is 6.17. The van der Waals surface area contributed by atoms with E-state index in [4.69, 9.17) is 11.6 Å². The smallest absolute Gasteiger partial charge is 0.329 e. The molecule has 2 aromatic heterocycles. The van der Waals surface area contributed by atoms with Crippen LogP contribution in [-0.4, -0.2) is 38.1 Å². The van der Waals surface area contributed by atoms with Gasteiger partial charge in [-0.25, -0.2) is 4.79 Å². The van der Waals surface area contributed by atoms with Gasteiger partial charge < -0.3 is 20.5 Å². The standard InChI is InChI=1S/C18H16ClN3O4/c19-12-4-1-5-13-15(12)11(9-21-13)7-14(23)22-16(18(25)26)17(24)10-3-2-6-20-8-10/h1-6,8-9,16-17,21,24H,7H2,(H,22,23)(H,25,26). The molecular formula is C18H16ClN3O4. The van der Waals surface area contributed by atoms with Crippen LogP contribution in [0.15, 0.2) is 48.9 Å². The van der Waals surface area contributed by atoms with Gasteiger partial charge >= 0.3 is 5.97 Å². The van der Waals surface area contributed by atoms with Gasteiger partial charge in [-0.3, -0.25) is 9.78 Å². The molecule has 0 aliphatic heterocycles. The van der Waals surface area contributed by atoms with E-state index >= 15 is 0 Å². The van der Waals surface area contributed by atoms with Crippen molar-refractivity contribution in [2.24, 2.45) is 0 Å². The number of amides is 1. The molecule has 2 heterocycles. The highest BCUT2D eigenvalue weighted by atomic mass is 35.5. The molecule has 0 fully saturated rings. The number of aromatic nitrogens is 2. The Labute approximate surface area is 153 Å². The van der Waals surface area contributed by atoms with Crippen molar-refractivity contribution in [2.75, 3.05) is 0 Å². The number of hydrogen-bond acceptors (Lipinski definition) is 4. The molecular weight excluding hydrogens is 358 g/mol. The summed E-state index contributed by atoms with van der Waals surface area (Å²) >= 11 is 6.18. The number of benzene rings is 1. The second-order valence-electron chi connectivity index (χ2n) is 5.77. The number of nitrogens with one attached hydrogen (secondary N) is 2. The first-order valence-corrected chi connectivity index (χ1v) is 8.20. The van der Waals surface area contributed by atoms with Crippen molar-refractivity contribution >= 4 is 34.4 Å². The van der Waals surface area contributed by atoms with E-state index in [9.17, 15) is 19.8 Å². The van der Waals surface area contributed by atoms with E-state index in [0.717, 1.165) is 5.52 Å². The van der Waals surface area contributed by atoms with Crippen LogP contribution >= 0.6 is 11.6 Å². The predicted octanol–water partition coefficient (Wildman–Crippen LogP) is 2.06. The number of aliphatic hydroxyl groups excluding tert-OH is 1. The van der Waals surface area contributed by atoms with Crippen LogP contribution in [0.4, 0.5) is 0 Å². The lowest BCUT2D eigenvalue weighted by Gasteiger charge is -2.20. The van der Waals surface area contributed by atoms with Crippen molar-refractivity contribution in [1.29, 1.82) is 0 Å². The molecule has 4 N–H and O–H groups in total. The lowest BCUT2D eigenvalue weighted by Crippen LogP contribution is -2.45. The van der Waals surface area contributed by atoms with Crippen molar-refractivity contribution in [3.63, 3.8) is 0 Å². The number of aliphatic carboxylic acids is 1. The normalized spacial score (nSPS) is 13.3. The number of aromatic amines is 1. The summed E-state index contributed by atoms with van der Waals surface area (Å²) in [5, 5.41) is 23.2. The Morgan fingerprint density at radius 2 is 2.08 bits per heavy atom. The topological polar surface area (TPSA) is 115 Å². The van der Waals surface area contributed by atoms with E-state index < -0.39 is 24.0 Å². The summed E-state index contributed by atoms with van der Waals surface area (Å²) in [4.78, 5) is 30.7. The molecule has 2 unspecified atom stereocenters. The summed E-state index contributed by atoms with van der Waals surface area (Å²) < 4.78 is 0. The highest BCUT2D eigenvalue weighted by molar-refractivity contribution is 6.35. The number of nitrogens with zero attached hydrogens (tertiary/aromatic N) is 1. The number of pyridine rings is 1. The molecule has 0 bridgehead atoms. The lowest BCUT2D eigenvalue weighted by atomic mass is 10.0. The van der Waals surface area contributed by atoms with Gasteiger partial charge in [0.2, 0.25) is 5.91 Å². The van der Waals surface area contributed by atoms with Gasteiger partial charge in [-0.2, -0.15) is 0 Å². The molecule has 3 rings (SSSR count). The Morgan fingerprint density at radius 3 is 2.77 bits per heavy atom. The van der Waals surface area contributed by atoms with Crippen LogP contribution in [0, 0.1) is 0 Å². The maximum atomic E-state index is 12.4. The Balaban J connectivity index is 1.77. The minimum Gasteiger partial charge on any atom is -0.480 e. The molecule has 0 aliphatic rings. The molecule has 134 valence electrons. The lowest BCUT2D eigenvalue weighted by molar-refractivity contribution is -0.145. The number of carbonyl (C=O) groups excluding carboxylic acids is 1. The largest absolute Gasteiger partial charge is 0.480 e. The Kier molecular flexibility index (Phi) is 5.20. The SMILES string of the molecule is O=C(Cc1c[nH]c2cccc(Cl)c12)NC(C(=O)O)C(O)c1cccnc1. The molecule has 0 spiro atoms. The van der Waals surface area contributed by atoms with Crippen LogP contribution in [0.1, 0.15) is 17.2 Å². The Morgan fingerprint density at radius 1 is 1.27 bits per heavy atom. The number of carbonyl (C=O) groups is 2. The molecule has 7 nitrogen and oxygen atoms in total. The van der Waals surface area contributed by atoms with Gasteiger partial charge in [0, 0.05) is 35.1 Å². The predicted molar refractivity (Wildman–Crippen MR) is 95.8 cm³/mol. The van der Waals surface area contributed by atoms with E-state index in [2.05, 4.69) is 15.3 Å². The fourth-order valence-corrected chi connectivity index (χ4v) is 3.06. The third kappa shape index (κ3) is 3.68. The third-order valence-corrected chi connectivity index (χ3v) is 4.33. The Bertz CT molecular complexity index is 942. The van der Waals surface area contributed by atoms with Crippen LogP contribution in [0.5, 0.6) is 0 Å². The molecule has 3 aromatic rings. The maximum absolute atomic E-state index is 12.4. The first kappa shape index (κ1) is 17.9. The van der Waals surface area contributed by atoms with Crippen LogP contribution in [0.2, 0.25) is 5.02 Å². The van der Waals surface area contributed by atoms with Gasteiger partial charge in [0.1, 0.15) is 6.10 Å². The summed E-state index contributed by atoms with van der Waals surface area (Å²) in [5.74, 6) is -1.88. The van der Waals surface area contributed by atoms with Gasteiger partial charge in [-0.05, 0) is 23.8 Å². The van der Waals surface area contributed by atoms with Crippen molar-refractivity contribution in [1.82, 2.24) is 15.3 Å². The van der Waals surface area contributed by atoms with Gasteiger partial charge in [-0.1, -0.05) is 23.7 Å². The van der Waals surface area contributed by atoms with E-state index in [1.165, 1.54) is 12.4 Å². The molecule has 0 saturated heterocycles. The monoisotopic (exact) mass is 373 g/mol. The van der Waals surface area contributed by atoms with E-state index in [-0.39, 0.29) is 6.42 Å². The van der Waals surface area contributed by atoms with Gasteiger partial charge in [0.15, 0.2) is 6.04 Å². The molecule has 0 radical (unpaired) electrons. The number of halogens is 1. The zero-order chi connectivity index (χ0) is 18.7. The van der Waals surface area contributed by atoms with Gasteiger partial charge in [0.05, 0.1) is 11.4 Å². The molecule has 0 aliphatic carbocycles. The summed E-state index contributed by atoms with van der Waals surface area (Å²) in [6.45, 7) is 0. The number of carboxylic acid groups (broad SMARTS) is 1. The van der Waals surface area contributed by atoms with Crippen molar-refractivity contribution in [3.05, 3.63) is 65.1 Å². The highest BCUT2D eigenvalue weighted by Gasteiger charge is 2.29. The number of fused-ring (bicyclic) bond motifs is 1. The van der Waals surface area contributed by atoms with Crippen molar-refractivity contribution in [3.8, 4) is 0 Å². The zero-order valence-corrected chi connectivity index (χ0v) is 14.3. The summed E-state index contributed by atoms with van der Waals surface area (Å²) in [7, 11) is 0. The molecule has 1 aromatic carbocycles. The highest BCUT2D eigenvalue weighted by Crippen LogP contribution is 2.27. The number of rotatable bonds is 6. The van der Waals surface area contributed by atoms with Crippen LogP contribution < -0.4 is 5.32 Å². The van der Waals surface area contributed by atoms with Crippen LogP contribution in [0.25, 0.3) is 10.9 Å². The van der Waals surface area contributed by atoms with Crippen molar-refractivity contribution < 1.29 is 19.8 Å². The van der Waals surface area contributed by atoms with Crippen LogP contribution in [-0.2, 0) is 16.0 Å². The number of H-pyrrole nitrogens is 1. The van der Waals surface area contributed by atoms with E-state index in [0.29, 0.717) is 21.5 Å². The van der Waals surface area contributed by atoms with Crippen molar-refractivity contribution in [2.45, 2.75) is 18.6 Å². The minimum atomic E-state index is -1.49. The van der Waals surface area contributed by atoms with E-state index in [1.807, 2.05) is 6.07 Å². The average molecular weight is 374 g/mol. The first-order chi connectivity index (χ1) is 12.5. The fraction of sp³-hybridized carbons (Fsp3) is 0.167. The maximum Gasteiger partial charge on any atom is 0.329 e. The summed E-state index contributed by atoms with van der Waals surface area (Å²) in [5.41, 5.74) is 1.73. The quantitative estimate of drug-likeness (QED) is 0.528. The fourth-order valence-electron chi connectivity index (χ4n) is 2.76. The number of carboxylic acids is 1. The molecule has 2 atom stereocenters. The van der Waals surface area contributed by atoms with Gasteiger partial charge in [-0.15, -0.1) is 0 Å². The molecule has 26 heavy (non-hydrogen) atoms. The minimum absolute atomic E-state index is 0.0761. The van der Waals surface area contributed by atoms with Gasteiger partial charge in [0.25, 0.3) is 0 Å². The first-order valence-electron chi connectivity index (χ1n) is 7.82. The summed E-state index contributed by atoms with van der Waals surface area (Å²) in [6.07, 6.45) is 3.02. The molecule has 8 heteroatoms. The van der Waals surface area contributed by atoms with Crippen LogP contribution in [0.3, 0.4) is 0 Å². The molecule has 1 amide bonds. The average Bonchev–Trinajstić information content (AvgIpc) is 3.04. The summed E-state index contributed by atoms with van der Waals surface area (Å²) in [6, 6.07) is 6.95. The van der Waals surface area contributed by atoms with E-state index in [1.54, 1.807) is 30.5 Å². The number of aliphatic hydroxyl groups is 1. The molecule has 0 saturated carbocycles.